The van der Waals surface area contributed by atoms with E-state index in [0.29, 0.717) is 11.1 Å². The zero-order chi connectivity index (χ0) is 22.2. The van der Waals surface area contributed by atoms with Gasteiger partial charge in [-0.2, -0.15) is 0 Å². The summed E-state index contributed by atoms with van der Waals surface area (Å²) in [5.41, 5.74) is 4.13. The van der Waals surface area contributed by atoms with Crippen LogP contribution in [0.2, 0.25) is 0 Å². The molecule has 0 unspecified atom stereocenters. The van der Waals surface area contributed by atoms with Crippen LogP contribution in [0.3, 0.4) is 0 Å². The first-order valence-corrected chi connectivity index (χ1v) is 11.6. The normalized spacial score (nSPS) is 17.0. The zero-order valence-corrected chi connectivity index (χ0v) is 18.9. The van der Waals surface area contributed by atoms with Crippen molar-refractivity contribution in [2.45, 2.75) is 18.9 Å². The maximum Gasteiger partial charge on any atom is 0.251 e. The molecule has 2 aromatic carbocycles. The summed E-state index contributed by atoms with van der Waals surface area (Å²) >= 11 is 1.57. The molecule has 8 heteroatoms. The minimum atomic E-state index is -0.108. The molecule has 7 nitrogen and oxygen atoms in total. The maximum atomic E-state index is 12.8. The molecule has 0 bridgehead atoms. The van der Waals surface area contributed by atoms with E-state index in [2.05, 4.69) is 27.0 Å². The predicted octanol–water partition coefficient (Wildman–Crippen LogP) is 3.40. The van der Waals surface area contributed by atoms with Crippen molar-refractivity contribution < 1.29 is 9.59 Å². The molecule has 4 aromatic rings. The molecule has 1 aliphatic rings. The van der Waals surface area contributed by atoms with E-state index in [-0.39, 0.29) is 17.9 Å². The highest BCUT2D eigenvalue weighted by Crippen LogP contribution is 2.30. The summed E-state index contributed by atoms with van der Waals surface area (Å²) in [6, 6.07) is 13.4. The van der Waals surface area contributed by atoms with Crippen LogP contribution in [-0.2, 0) is 0 Å². The van der Waals surface area contributed by atoms with Gasteiger partial charge in [-0.05, 0) is 56.8 Å². The lowest BCUT2D eigenvalue weighted by molar-refractivity contribution is 0.0911. The number of amides is 2. The first kappa shape index (κ1) is 20.7. The van der Waals surface area contributed by atoms with Gasteiger partial charge in [-0.15, -0.1) is 0 Å². The van der Waals surface area contributed by atoms with Crippen LogP contribution in [0.4, 0.5) is 0 Å². The Labute approximate surface area is 190 Å². The van der Waals surface area contributed by atoms with Crippen LogP contribution in [0.5, 0.6) is 0 Å². The van der Waals surface area contributed by atoms with Crippen molar-refractivity contribution in [3.63, 3.8) is 0 Å². The average Bonchev–Trinajstić information content (AvgIpc) is 3.36. The van der Waals surface area contributed by atoms with E-state index < -0.39 is 0 Å². The fourth-order valence-electron chi connectivity index (χ4n) is 4.27. The lowest BCUT2D eigenvalue weighted by Gasteiger charge is -2.30. The number of thiazole rings is 1. The molecule has 2 N–H and O–H groups in total. The van der Waals surface area contributed by atoms with Gasteiger partial charge in [0.2, 0.25) is 0 Å². The Morgan fingerprint density at radius 3 is 2.62 bits per heavy atom. The Bertz CT molecular complexity index is 1310. The number of piperidine rings is 1. The minimum absolute atomic E-state index is 0.0184. The van der Waals surface area contributed by atoms with Crippen LogP contribution in [0.25, 0.3) is 26.4 Å². The van der Waals surface area contributed by atoms with Crippen LogP contribution in [0.15, 0.2) is 48.7 Å². The summed E-state index contributed by atoms with van der Waals surface area (Å²) in [5, 5.41) is 5.81. The standard InChI is InChI=1S/C24H25N5O2S/c1-25-22(30)16-7-5-15(6-8-16)19-14-29-20-10-9-17(12-21(20)32-24(29)27-19)23(31)26-18-4-3-11-28(2)13-18/h5-10,12,14,18H,3-4,11,13H2,1-2H3,(H,25,30)(H,26,31)/t18-/m0/s1. The number of nitrogens with one attached hydrogen (secondary N) is 2. The summed E-state index contributed by atoms with van der Waals surface area (Å²) in [6.07, 6.45) is 4.14. The van der Waals surface area contributed by atoms with Crippen molar-refractivity contribution in [2.75, 3.05) is 27.2 Å². The summed E-state index contributed by atoms with van der Waals surface area (Å²) in [4.78, 5) is 32.4. The Morgan fingerprint density at radius 2 is 1.88 bits per heavy atom. The van der Waals surface area contributed by atoms with E-state index >= 15 is 0 Å². The van der Waals surface area contributed by atoms with Crippen LogP contribution >= 0.6 is 11.3 Å². The smallest absolute Gasteiger partial charge is 0.251 e. The van der Waals surface area contributed by atoms with Crippen LogP contribution in [0, 0.1) is 0 Å². The highest BCUT2D eigenvalue weighted by molar-refractivity contribution is 7.23. The fourth-order valence-corrected chi connectivity index (χ4v) is 5.32. The fraction of sp³-hybridized carbons (Fsp3) is 0.292. The van der Waals surface area contributed by atoms with Gasteiger partial charge in [0.25, 0.3) is 11.8 Å². The van der Waals surface area contributed by atoms with Crippen LogP contribution < -0.4 is 10.6 Å². The van der Waals surface area contributed by atoms with Gasteiger partial charge in [0, 0.05) is 42.5 Å². The Hall–Kier alpha value is -3.23. The van der Waals surface area contributed by atoms with E-state index in [1.54, 1.807) is 30.5 Å². The lowest BCUT2D eigenvalue weighted by Crippen LogP contribution is -2.46. The van der Waals surface area contributed by atoms with Crippen molar-refractivity contribution in [2.24, 2.45) is 0 Å². The van der Waals surface area contributed by atoms with Crippen molar-refractivity contribution in [3.05, 3.63) is 59.8 Å². The molecule has 5 rings (SSSR count). The molecule has 1 aliphatic heterocycles. The molecule has 1 atom stereocenters. The number of rotatable bonds is 4. The Kier molecular flexibility index (Phi) is 5.40. The first-order valence-electron chi connectivity index (χ1n) is 10.8. The molecule has 32 heavy (non-hydrogen) atoms. The van der Waals surface area contributed by atoms with Crippen LogP contribution in [0.1, 0.15) is 33.6 Å². The molecule has 2 aromatic heterocycles. The second-order valence-electron chi connectivity index (χ2n) is 8.29. The van der Waals surface area contributed by atoms with E-state index in [9.17, 15) is 9.59 Å². The number of fused-ring (bicyclic) bond motifs is 3. The molecule has 1 saturated heterocycles. The molecular weight excluding hydrogens is 422 g/mol. The average molecular weight is 448 g/mol. The van der Waals surface area contributed by atoms with Gasteiger partial charge in [0.05, 0.1) is 15.9 Å². The highest BCUT2D eigenvalue weighted by atomic mass is 32.1. The first-order chi connectivity index (χ1) is 15.5. The van der Waals surface area contributed by atoms with E-state index in [4.69, 9.17) is 4.98 Å². The number of likely N-dealkylation sites (N-methyl/N-ethyl adjacent to an activating group) is 1. The van der Waals surface area contributed by atoms with Crippen LogP contribution in [-0.4, -0.2) is 59.3 Å². The number of hydrogen-bond donors (Lipinski definition) is 2. The van der Waals surface area contributed by atoms with Gasteiger partial charge >= 0.3 is 0 Å². The molecule has 0 spiro atoms. The second kappa shape index (κ2) is 8.37. The molecule has 0 saturated carbocycles. The third-order valence-electron chi connectivity index (χ3n) is 5.99. The largest absolute Gasteiger partial charge is 0.355 e. The number of aromatic nitrogens is 2. The number of benzene rings is 2. The van der Waals surface area contributed by atoms with Gasteiger partial charge in [-0.25, -0.2) is 4.98 Å². The van der Waals surface area contributed by atoms with Crippen molar-refractivity contribution in [1.29, 1.82) is 0 Å². The number of likely N-dealkylation sites (tertiary alicyclic amines) is 1. The molecule has 3 heterocycles. The zero-order valence-electron chi connectivity index (χ0n) is 18.1. The number of imidazole rings is 1. The summed E-state index contributed by atoms with van der Waals surface area (Å²) < 4.78 is 3.09. The van der Waals surface area contributed by atoms with E-state index in [0.717, 1.165) is 52.4 Å². The summed E-state index contributed by atoms with van der Waals surface area (Å²) in [7, 11) is 3.71. The van der Waals surface area contributed by atoms with E-state index in [1.807, 2.05) is 36.5 Å². The molecule has 1 fully saturated rings. The van der Waals surface area contributed by atoms with Crippen molar-refractivity contribution in [1.82, 2.24) is 24.9 Å². The minimum Gasteiger partial charge on any atom is -0.355 e. The quantitative estimate of drug-likeness (QED) is 0.503. The maximum absolute atomic E-state index is 12.8. The molecular formula is C24H25N5O2S. The van der Waals surface area contributed by atoms with Gasteiger partial charge < -0.3 is 15.5 Å². The molecule has 2 amide bonds. The van der Waals surface area contributed by atoms with Crippen molar-refractivity contribution in [3.8, 4) is 11.3 Å². The third kappa shape index (κ3) is 3.87. The monoisotopic (exact) mass is 447 g/mol. The number of carbonyl (C=O) groups excluding carboxylic acids is 2. The van der Waals surface area contributed by atoms with E-state index in [1.165, 1.54) is 0 Å². The summed E-state index contributed by atoms with van der Waals surface area (Å²) in [6.45, 7) is 1.99. The van der Waals surface area contributed by atoms with Gasteiger partial charge in [0.15, 0.2) is 4.96 Å². The summed E-state index contributed by atoms with van der Waals surface area (Å²) in [5.74, 6) is -0.126. The SMILES string of the molecule is CNC(=O)c1ccc(-c2cn3c(n2)sc2cc(C(=O)N[C@H]4CCCN(C)C4)ccc23)cc1. The molecule has 164 valence electrons. The Morgan fingerprint density at radius 1 is 1.09 bits per heavy atom. The molecule has 0 radical (unpaired) electrons. The number of nitrogens with zero attached hydrogens (tertiary/aromatic N) is 3. The van der Waals surface area contributed by atoms with Crippen molar-refractivity contribution >= 4 is 38.3 Å². The molecule has 0 aliphatic carbocycles. The van der Waals surface area contributed by atoms with Gasteiger partial charge in [-0.3, -0.25) is 14.0 Å². The number of carbonyl (C=O) groups is 2. The third-order valence-corrected chi connectivity index (χ3v) is 7.00. The lowest BCUT2D eigenvalue weighted by atomic mass is 10.1. The van der Waals surface area contributed by atoms with Gasteiger partial charge in [-0.1, -0.05) is 23.5 Å². The van der Waals surface area contributed by atoms with Gasteiger partial charge in [0.1, 0.15) is 0 Å². The highest BCUT2D eigenvalue weighted by Gasteiger charge is 2.20. The predicted molar refractivity (Wildman–Crippen MR) is 127 cm³/mol. The second-order valence-corrected chi connectivity index (χ2v) is 9.30. The Balaban J connectivity index is 1.38. The number of hydrogen-bond acceptors (Lipinski definition) is 5. The topological polar surface area (TPSA) is 78.7 Å².